The van der Waals surface area contributed by atoms with Gasteiger partial charge in [0.15, 0.2) is 6.61 Å². The second-order valence-corrected chi connectivity index (χ2v) is 3.47. The number of nitrogens with one attached hydrogen (secondary N) is 1. The molecule has 1 aromatic rings. The summed E-state index contributed by atoms with van der Waals surface area (Å²) in [7, 11) is 1.52. The van der Waals surface area contributed by atoms with Crippen LogP contribution in [-0.2, 0) is 14.3 Å². The molecule has 6 nitrogen and oxygen atoms in total. The topological polar surface area (TPSA) is 84.9 Å². The van der Waals surface area contributed by atoms with E-state index in [4.69, 9.17) is 9.47 Å². The van der Waals surface area contributed by atoms with E-state index in [1.165, 1.54) is 31.4 Å². The Labute approximate surface area is 105 Å². The molecule has 1 amide bonds. The van der Waals surface area contributed by atoms with E-state index in [2.05, 4.69) is 5.32 Å². The van der Waals surface area contributed by atoms with E-state index in [9.17, 15) is 14.7 Å². The Bertz CT molecular complexity index is 419. The van der Waals surface area contributed by atoms with Crippen LogP contribution in [0.5, 0.6) is 5.75 Å². The van der Waals surface area contributed by atoms with Crippen molar-refractivity contribution in [2.75, 3.05) is 26.9 Å². The maximum Gasteiger partial charge on any atom is 0.338 e. The minimum absolute atomic E-state index is 0.0333. The molecule has 0 saturated carbocycles. The zero-order chi connectivity index (χ0) is 13.4. The highest BCUT2D eigenvalue weighted by Crippen LogP contribution is 2.11. The van der Waals surface area contributed by atoms with Gasteiger partial charge < -0.3 is 19.9 Å². The fourth-order valence-electron chi connectivity index (χ4n) is 1.19. The fraction of sp³-hybridized carbons (Fsp3) is 0.333. The molecule has 0 spiro atoms. The van der Waals surface area contributed by atoms with Crippen molar-refractivity contribution < 1.29 is 24.2 Å². The first kappa shape index (κ1) is 14.0. The van der Waals surface area contributed by atoms with Crippen molar-refractivity contribution >= 4 is 11.9 Å². The number of carbonyl (C=O) groups excluding carboxylic acids is 2. The smallest absolute Gasteiger partial charge is 0.338 e. The quantitative estimate of drug-likeness (QED) is 0.563. The van der Waals surface area contributed by atoms with E-state index in [1.54, 1.807) is 0 Å². The maximum absolute atomic E-state index is 11.5. The molecule has 98 valence electrons. The molecule has 0 heterocycles. The standard InChI is InChI=1S/C12H15NO5/c1-17-6-5-13-11(15)8-18-12(16)9-3-2-4-10(14)7-9/h2-4,7,14H,5-6,8H2,1H3,(H,13,15). The number of methoxy groups -OCH3 is 1. The van der Waals surface area contributed by atoms with Crippen LogP contribution in [0.1, 0.15) is 10.4 Å². The van der Waals surface area contributed by atoms with E-state index in [1.807, 2.05) is 0 Å². The molecule has 0 aliphatic heterocycles. The average molecular weight is 253 g/mol. The molecule has 0 unspecified atom stereocenters. The summed E-state index contributed by atoms with van der Waals surface area (Å²) < 4.78 is 9.52. The summed E-state index contributed by atoms with van der Waals surface area (Å²) >= 11 is 0. The second-order valence-electron chi connectivity index (χ2n) is 3.47. The van der Waals surface area contributed by atoms with Gasteiger partial charge in [-0.05, 0) is 18.2 Å². The second kappa shape index (κ2) is 7.29. The predicted molar refractivity (Wildman–Crippen MR) is 63.3 cm³/mol. The molecular formula is C12H15NO5. The first-order valence-electron chi connectivity index (χ1n) is 5.35. The number of hydrogen-bond donors (Lipinski definition) is 2. The molecule has 1 rings (SSSR count). The molecule has 0 bridgehead atoms. The number of aromatic hydroxyl groups is 1. The lowest BCUT2D eigenvalue weighted by atomic mass is 10.2. The Morgan fingerprint density at radius 3 is 2.83 bits per heavy atom. The number of phenolic OH excluding ortho intramolecular Hbond substituents is 1. The van der Waals surface area contributed by atoms with Crippen LogP contribution in [0.4, 0.5) is 0 Å². The van der Waals surface area contributed by atoms with Gasteiger partial charge in [-0.1, -0.05) is 6.07 Å². The number of rotatable bonds is 6. The summed E-state index contributed by atoms with van der Waals surface area (Å²) in [4.78, 5) is 22.7. The van der Waals surface area contributed by atoms with E-state index >= 15 is 0 Å². The normalized spacial score (nSPS) is 9.83. The van der Waals surface area contributed by atoms with Crippen molar-refractivity contribution in [2.45, 2.75) is 0 Å². The highest BCUT2D eigenvalue weighted by atomic mass is 16.5. The summed E-state index contributed by atoms with van der Waals surface area (Å²) in [6.07, 6.45) is 0. The molecule has 0 aliphatic rings. The van der Waals surface area contributed by atoms with Gasteiger partial charge in [0.1, 0.15) is 5.75 Å². The van der Waals surface area contributed by atoms with E-state index in [-0.39, 0.29) is 17.9 Å². The molecule has 0 atom stereocenters. The van der Waals surface area contributed by atoms with Gasteiger partial charge >= 0.3 is 5.97 Å². The van der Waals surface area contributed by atoms with E-state index in [0.717, 1.165) is 0 Å². The van der Waals surface area contributed by atoms with Crippen LogP contribution < -0.4 is 5.32 Å². The van der Waals surface area contributed by atoms with E-state index in [0.29, 0.717) is 13.2 Å². The Morgan fingerprint density at radius 1 is 1.39 bits per heavy atom. The zero-order valence-electron chi connectivity index (χ0n) is 10.0. The highest BCUT2D eigenvalue weighted by molar-refractivity contribution is 5.91. The van der Waals surface area contributed by atoms with Gasteiger partial charge in [0.05, 0.1) is 12.2 Å². The molecule has 2 N–H and O–H groups in total. The number of esters is 1. The number of ether oxygens (including phenoxy) is 2. The van der Waals surface area contributed by atoms with Crippen LogP contribution in [0.2, 0.25) is 0 Å². The van der Waals surface area contributed by atoms with Gasteiger partial charge in [-0.25, -0.2) is 4.79 Å². The highest BCUT2D eigenvalue weighted by Gasteiger charge is 2.10. The Morgan fingerprint density at radius 2 is 2.17 bits per heavy atom. The molecule has 6 heteroatoms. The third-order valence-corrected chi connectivity index (χ3v) is 2.04. The van der Waals surface area contributed by atoms with Crippen LogP contribution in [0.25, 0.3) is 0 Å². The number of carbonyl (C=O) groups is 2. The number of hydrogen-bond acceptors (Lipinski definition) is 5. The van der Waals surface area contributed by atoms with Crippen LogP contribution >= 0.6 is 0 Å². The number of amides is 1. The van der Waals surface area contributed by atoms with Crippen molar-refractivity contribution in [2.24, 2.45) is 0 Å². The molecule has 18 heavy (non-hydrogen) atoms. The summed E-state index contributed by atoms with van der Waals surface area (Å²) in [5, 5.41) is 11.7. The third kappa shape index (κ3) is 4.84. The minimum Gasteiger partial charge on any atom is -0.508 e. The maximum atomic E-state index is 11.5. The van der Waals surface area contributed by atoms with Crippen molar-refractivity contribution in [3.8, 4) is 5.75 Å². The molecular weight excluding hydrogens is 238 g/mol. The summed E-state index contributed by atoms with van der Waals surface area (Å²) in [6, 6.07) is 5.72. The number of phenols is 1. The van der Waals surface area contributed by atoms with Crippen molar-refractivity contribution in [3.05, 3.63) is 29.8 Å². The van der Waals surface area contributed by atoms with Crippen molar-refractivity contribution in [1.29, 1.82) is 0 Å². The summed E-state index contributed by atoms with van der Waals surface area (Å²) in [5.41, 5.74) is 0.194. The van der Waals surface area contributed by atoms with Gasteiger partial charge in [0.2, 0.25) is 0 Å². The first-order valence-corrected chi connectivity index (χ1v) is 5.35. The van der Waals surface area contributed by atoms with Crippen molar-refractivity contribution in [1.82, 2.24) is 5.32 Å². The van der Waals surface area contributed by atoms with Gasteiger partial charge in [0.25, 0.3) is 5.91 Å². The fourth-order valence-corrected chi connectivity index (χ4v) is 1.19. The molecule has 0 radical (unpaired) electrons. The van der Waals surface area contributed by atoms with Gasteiger partial charge in [-0.2, -0.15) is 0 Å². The van der Waals surface area contributed by atoms with Gasteiger partial charge in [0, 0.05) is 13.7 Å². The van der Waals surface area contributed by atoms with Gasteiger partial charge in [-0.3, -0.25) is 4.79 Å². The lowest BCUT2D eigenvalue weighted by Crippen LogP contribution is -2.31. The van der Waals surface area contributed by atoms with Crippen LogP contribution in [0.15, 0.2) is 24.3 Å². The minimum atomic E-state index is -0.659. The molecule has 0 aliphatic carbocycles. The van der Waals surface area contributed by atoms with Gasteiger partial charge in [-0.15, -0.1) is 0 Å². The monoisotopic (exact) mass is 253 g/mol. The summed E-state index contributed by atoms with van der Waals surface area (Å²) in [5.74, 6) is -1.10. The zero-order valence-corrected chi connectivity index (χ0v) is 10.0. The number of benzene rings is 1. The molecule has 0 fully saturated rings. The average Bonchev–Trinajstić information content (AvgIpc) is 2.36. The first-order chi connectivity index (χ1) is 8.63. The van der Waals surface area contributed by atoms with Crippen LogP contribution in [0.3, 0.4) is 0 Å². The molecule has 0 aromatic heterocycles. The lowest BCUT2D eigenvalue weighted by molar-refractivity contribution is -0.124. The van der Waals surface area contributed by atoms with Crippen LogP contribution in [0, 0.1) is 0 Å². The SMILES string of the molecule is COCCNC(=O)COC(=O)c1cccc(O)c1. The third-order valence-electron chi connectivity index (χ3n) is 2.04. The van der Waals surface area contributed by atoms with E-state index < -0.39 is 11.9 Å². The van der Waals surface area contributed by atoms with Crippen LogP contribution in [-0.4, -0.2) is 43.9 Å². The summed E-state index contributed by atoms with van der Waals surface area (Å²) in [6.45, 7) is 0.392. The largest absolute Gasteiger partial charge is 0.508 e. The van der Waals surface area contributed by atoms with Crippen molar-refractivity contribution in [3.63, 3.8) is 0 Å². The Hall–Kier alpha value is -2.08. The predicted octanol–water partition coefficient (Wildman–Crippen LogP) is 0.312. The lowest BCUT2D eigenvalue weighted by Gasteiger charge is -2.06. The Kier molecular flexibility index (Phi) is 5.66. The molecule has 0 saturated heterocycles. The molecule has 1 aromatic carbocycles. The Balaban J connectivity index is 2.35.